The fourth-order valence-corrected chi connectivity index (χ4v) is 2.70. The third-order valence-corrected chi connectivity index (χ3v) is 3.87. The molecule has 3 rings (SSSR count). The van der Waals surface area contributed by atoms with Crippen LogP contribution in [0.1, 0.15) is 43.0 Å². The van der Waals surface area contributed by atoms with Crippen LogP contribution in [0, 0.1) is 6.92 Å². The molecule has 2 aromatic rings. The predicted octanol–water partition coefficient (Wildman–Crippen LogP) is 3.55. The van der Waals surface area contributed by atoms with Crippen LogP contribution in [0.2, 0.25) is 0 Å². The molecule has 0 amide bonds. The summed E-state index contributed by atoms with van der Waals surface area (Å²) >= 11 is 0. The molecular weight excluding hydrogens is 260 g/mol. The van der Waals surface area contributed by atoms with Crippen molar-refractivity contribution in [1.82, 2.24) is 15.0 Å². The minimum absolute atomic E-state index is 0.745. The lowest BCUT2D eigenvalue weighted by molar-refractivity contribution is 0.664. The lowest BCUT2D eigenvalue weighted by Gasteiger charge is -2.19. The number of hydrogen-bond acceptors (Lipinski definition) is 4. The van der Waals surface area contributed by atoms with E-state index in [-0.39, 0.29) is 0 Å². The van der Waals surface area contributed by atoms with Crippen molar-refractivity contribution in [1.29, 1.82) is 0 Å². The Kier molecular flexibility index (Phi) is 4.13. The monoisotopic (exact) mass is 282 g/mol. The van der Waals surface area contributed by atoms with E-state index in [1.807, 2.05) is 19.2 Å². The van der Waals surface area contributed by atoms with Crippen LogP contribution in [-0.4, -0.2) is 21.5 Å². The Morgan fingerprint density at radius 3 is 2.76 bits per heavy atom. The summed E-state index contributed by atoms with van der Waals surface area (Å²) in [5.74, 6) is 1.76. The van der Waals surface area contributed by atoms with Gasteiger partial charge in [-0.25, -0.2) is 9.97 Å². The average molecular weight is 282 g/mol. The summed E-state index contributed by atoms with van der Waals surface area (Å²) in [6.45, 7) is 5.16. The summed E-state index contributed by atoms with van der Waals surface area (Å²) in [6.07, 6.45) is 7.56. The van der Waals surface area contributed by atoms with Gasteiger partial charge in [-0.15, -0.1) is 0 Å². The van der Waals surface area contributed by atoms with Crippen LogP contribution in [0.3, 0.4) is 0 Å². The third-order valence-electron chi connectivity index (χ3n) is 3.87. The van der Waals surface area contributed by atoms with Gasteiger partial charge in [-0.05, 0) is 50.7 Å². The molecule has 0 aromatic carbocycles. The van der Waals surface area contributed by atoms with Crippen LogP contribution < -0.4 is 5.32 Å². The zero-order chi connectivity index (χ0) is 14.7. The average Bonchev–Trinajstić information content (AvgIpc) is 2.53. The normalized spacial score (nSPS) is 13.8. The molecule has 0 saturated carbocycles. The van der Waals surface area contributed by atoms with Gasteiger partial charge < -0.3 is 5.32 Å². The Morgan fingerprint density at radius 2 is 2.00 bits per heavy atom. The minimum Gasteiger partial charge on any atom is -0.370 e. The van der Waals surface area contributed by atoms with Gasteiger partial charge in [0.15, 0.2) is 5.82 Å². The van der Waals surface area contributed by atoms with E-state index in [1.54, 1.807) is 0 Å². The van der Waals surface area contributed by atoms with Crippen molar-refractivity contribution in [3.05, 3.63) is 35.2 Å². The van der Waals surface area contributed by atoms with Crippen molar-refractivity contribution in [3.63, 3.8) is 0 Å². The highest BCUT2D eigenvalue weighted by Gasteiger charge is 2.18. The number of anilines is 1. The van der Waals surface area contributed by atoms with Crippen molar-refractivity contribution in [2.24, 2.45) is 0 Å². The summed E-state index contributed by atoms with van der Waals surface area (Å²) in [5.41, 5.74) is 4.52. The quantitative estimate of drug-likeness (QED) is 0.931. The molecule has 0 fully saturated rings. The summed E-state index contributed by atoms with van der Waals surface area (Å²) < 4.78 is 0. The number of aryl methyl sites for hydroxylation is 2. The molecule has 2 aromatic heterocycles. The van der Waals surface area contributed by atoms with Gasteiger partial charge in [0.05, 0.1) is 0 Å². The van der Waals surface area contributed by atoms with Crippen molar-refractivity contribution >= 4 is 5.82 Å². The molecule has 0 atom stereocenters. The maximum atomic E-state index is 4.77. The fourth-order valence-electron chi connectivity index (χ4n) is 2.70. The summed E-state index contributed by atoms with van der Waals surface area (Å²) in [5, 5.41) is 3.47. The first-order valence-electron chi connectivity index (χ1n) is 7.84. The second-order valence-corrected chi connectivity index (χ2v) is 5.68. The number of aromatic nitrogens is 3. The first-order valence-corrected chi connectivity index (χ1v) is 7.84. The largest absolute Gasteiger partial charge is 0.370 e. The standard InChI is InChI=1S/C17H22N4/c1-3-10-18-16-13-6-4-5-7-14(13)20-17(21-16)15-9-8-12(2)11-19-15/h8-9,11H,3-7,10H2,1-2H3,(H,18,20,21). The number of pyridine rings is 1. The Balaban J connectivity index is 2.02. The van der Waals surface area contributed by atoms with Crippen LogP contribution in [-0.2, 0) is 12.8 Å². The summed E-state index contributed by atoms with van der Waals surface area (Å²) in [4.78, 5) is 14.0. The van der Waals surface area contributed by atoms with Crippen molar-refractivity contribution < 1.29 is 0 Å². The van der Waals surface area contributed by atoms with E-state index < -0.39 is 0 Å². The molecule has 2 heterocycles. The highest BCUT2D eigenvalue weighted by Crippen LogP contribution is 2.27. The number of rotatable bonds is 4. The Hall–Kier alpha value is -1.97. The van der Waals surface area contributed by atoms with Gasteiger partial charge >= 0.3 is 0 Å². The second kappa shape index (κ2) is 6.20. The third kappa shape index (κ3) is 3.04. The Bertz CT molecular complexity index is 619. The predicted molar refractivity (Wildman–Crippen MR) is 85.4 cm³/mol. The zero-order valence-corrected chi connectivity index (χ0v) is 12.8. The molecule has 4 nitrogen and oxygen atoms in total. The van der Waals surface area contributed by atoms with Crippen LogP contribution in [0.4, 0.5) is 5.82 Å². The van der Waals surface area contributed by atoms with Crippen LogP contribution in [0.25, 0.3) is 11.5 Å². The first kappa shape index (κ1) is 14.0. The highest BCUT2D eigenvalue weighted by atomic mass is 15.0. The summed E-state index contributed by atoms with van der Waals surface area (Å²) in [6, 6.07) is 4.06. The molecule has 0 saturated heterocycles. The second-order valence-electron chi connectivity index (χ2n) is 5.68. The SMILES string of the molecule is CCCNc1nc(-c2ccc(C)cn2)nc2c1CCCC2. The molecule has 110 valence electrons. The van der Waals surface area contributed by atoms with E-state index in [1.165, 1.54) is 24.1 Å². The molecule has 0 spiro atoms. The van der Waals surface area contributed by atoms with Gasteiger partial charge in [0.25, 0.3) is 0 Å². The maximum Gasteiger partial charge on any atom is 0.180 e. The lowest BCUT2D eigenvalue weighted by atomic mass is 9.96. The van der Waals surface area contributed by atoms with Crippen LogP contribution >= 0.6 is 0 Å². The Morgan fingerprint density at radius 1 is 1.14 bits per heavy atom. The van der Waals surface area contributed by atoms with Crippen LogP contribution in [0.5, 0.6) is 0 Å². The van der Waals surface area contributed by atoms with Gasteiger partial charge in [-0.2, -0.15) is 0 Å². The van der Waals surface area contributed by atoms with E-state index in [4.69, 9.17) is 9.97 Å². The lowest BCUT2D eigenvalue weighted by Crippen LogP contribution is -2.14. The number of fused-ring (bicyclic) bond motifs is 1. The van der Waals surface area contributed by atoms with Gasteiger partial charge in [-0.1, -0.05) is 13.0 Å². The minimum atomic E-state index is 0.745. The fraction of sp³-hybridized carbons (Fsp3) is 0.471. The van der Waals surface area contributed by atoms with Crippen molar-refractivity contribution in [2.45, 2.75) is 46.0 Å². The van der Waals surface area contributed by atoms with Gasteiger partial charge in [0.2, 0.25) is 0 Å². The molecule has 1 aliphatic carbocycles. The maximum absolute atomic E-state index is 4.77. The topological polar surface area (TPSA) is 50.7 Å². The molecule has 4 heteroatoms. The smallest absolute Gasteiger partial charge is 0.180 e. The summed E-state index contributed by atoms with van der Waals surface area (Å²) in [7, 11) is 0. The Labute approximate surface area is 126 Å². The van der Waals surface area contributed by atoms with E-state index >= 15 is 0 Å². The van der Waals surface area contributed by atoms with E-state index in [0.29, 0.717) is 0 Å². The number of nitrogens with one attached hydrogen (secondary N) is 1. The van der Waals surface area contributed by atoms with Crippen molar-refractivity contribution in [3.8, 4) is 11.5 Å². The number of nitrogens with zero attached hydrogens (tertiary/aromatic N) is 3. The molecule has 0 unspecified atom stereocenters. The molecule has 0 aliphatic heterocycles. The molecule has 21 heavy (non-hydrogen) atoms. The van der Waals surface area contributed by atoms with Gasteiger partial charge in [0.1, 0.15) is 11.5 Å². The molecular formula is C17H22N4. The zero-order valence-electron chi connectivity index (χ0n) is 12.8. The van der Waals surface area contributed by atoms with E-state index in [0.717, 1.165) is 48.7 Å². The van der Waals surface area contributed by atoms with Gasteiger partial charge in [0, 0.05) is 24.0 Å². The first-order chi connectivity index (χ1) is 10.3. The molecule has 1 N–H and O–H groups in total. The van der Waals surface area contributed by atoms with E-state index in [9.17, 15) is 0 Å². The highest BCUT2D eigenvalue weighted by molar-refractivity contribution is 5.57. The van der Waals surface area contributed by atoms with Gasteiger partial charge in [-0.3, -0.25) is 4.98 Å². The van der Waals surface area contributed by atoms with Crippen molar-refractivity contribution in [2.75, 3.05) is 11.9 Å². The van der Waals surface area contributed by atoms with Crippen LogP contribution in [0.15, 0.2) is 18.3 Å². The molecule has 0 bridgehead atoms. The number of hydrogen-bond donors (Lipinski definition) is 1. The van der Waals surface area contributed by atoms with E-state index in [2.05, 4.69) is 23.3 Å². The molecule has 1 aliphatic rings. The molecule has 0 radical (unpaired) electrons.